The zero-order valence-electron chi connectivity index (χ0n) is 11.6. The van der Waals surface area contributed by atoms with E-state index in [0.29, 0.717) is 5.92 Å². The monoisotopic (exact) mass is 320 g/mol. The number of thiophene rings is 1. The van der Waals surface area contributed by atoms with E-state index in [-0.39, 0.29) is 45.0 Å². The van der Waals surface area contributed by atoms with Crippen molar-refractivity contribution in [3.63, 3.8) is 0 Å². The molecule has 0 aromatic carbocycles. The van der Waals surface area contributed by atoms with E-state index < -0.39 is 0 Å². The molecular weight excluding hydrogens is 296 g/mol. The first-order chi connectivity index (χ1) is 8.08. The van der Waals surface area contributed by atoms with Crippen LogP contribution in [0, 0.1) is 12.8 Å². The van der Waals surface area contributed by atoms with Gasteiger partial charge in [0.05, 0.1) is 12.1 Å². The maximum absolute atomic E-state index is 12.0. The van der Waals surface area contributed by atoms with Crippen LogP contribution in [-0.4, -0.2) is 18.5 Å². The van der Waals surface area contributed by atoms with Crippen molar-refractivity contribution < 1.29 is 4.79 Å². The largest absolute Gasteiger partial charge is 0.346 e. The Balaban J connectivity index is 0.00000162. The zero-order valence-corrected chi connectivity index (χ0v) is 14.4. The maximum Gasteiger partial charge on any atom is 0.237 e. The minimum atomic E-state index is -0.0217. The molecule has 0 radical (unpaired) electrons. The number of hydrogen-bond acceptors (Lipinski definition) is 3. The highest BCUT2D eigenvalue weighted by Crippen LogP contribution is 2.25. The van der Waals surface area contributed by atoms with Crippen molar-refractivity contribution in [1.82, 2.24) is 10.6 Å². The number of aryl methyl sites for hydroxylation is 1. The summed E-state index contributed by atoms with van der Waals surface area (Å²) in [6.07, 6.45) is 0.905. The van der Waals surface area contributed by atoms with Gasteiger partial charge in [0, 0.05) is 11.4 Å². The molecule has 2 atom stereocenters. The van der Waals surface area contributed by atoms with Crippen LogP contribution in [0.1, 0.15) is 36.8 Å². The molecule has 0 aliphatic carbocycles. The fourth-order valence-corrected chi connectivity index (χ4v) is 3.22. The fraction of sp³-hybridized carbons (Fsp3) is 0.615. The van der Waals surface area contributed by atoms with Crippen molar-refractivity contribution in [3.05, 3.63) is 21.9 Å². The van der Waals surface area contributed by atoms with Gasteiger partial charge >= 0.3 is 0 Å². The van der Waals surface area contributed by atoms with Gasteiger partial charge < -0.3 is 10.6 Å². The highest BCUT2D eigenvalue weighted by molar-refractivity contribution is 7.59. The first-order valence-corrected chi connectivity index (χ1v) is 7.03. The summed E-state index contributed by atoms with van der Waals surface area (Å²) in [6.45, 7) is 7.22. The second kappa shape index (κ2) is 8.19. The molecule has 1 aromatic rings. The van der Waals surface area contributed by atoms with Crippen LogP contribution in [0.5, 0.6) is 0 Å². The second-order valence-electron chi connectivity index (χ2n) is 5.12. The van der Waals surface area contributed by atoms with Crippen LogP contribution in [-0.2, 0) is 4.79 Å². The molecule has 2 N–H and O–H groups in total. The molecule has 2 heterocycles. The lowest BCUT2D eigenvalue weighted by molar-refractivity contribution is -0.125. The van der Waals surface area contributed by atoms with Gasteiger partial charge in [-0.3, -0.25) is 4.79 Å². The Morgan fingerprint density at radius 1 is 1.42 bits per heavy atom. The molecule has 1 saturated heterocycles. The number of piperazine rings is 1. The molecule has 110 valence electrons. The van der Waals surface area contributed by atoms with Gasteiger partial charge in [0.2, 0.25) is 5.91 Å². The Kier molecular flexibility index (Phi) is 8.12. The first kappa shape index (κ1) is 18.8. The molecule has 19 heavy (non-hydrogen) atoms. The molecule has 1 aliphatic heterocycles. The second-order valence-corrected chi connectivity index (χ2v) is 6.07. The molecule has 2 rings (SSSR count). The SMILES string of the molecule is Cc1ccsc1[C@@H]1CN[C@@H](CC(C)C)C(=O)N1.S.S. The molecule has 0 spiro atoms. The number of amides is 1. The Hall–Kier alpha value is -0.170. The predicted molar refractivity (Wildman–Crippen MR) is 91.9 cm³/mol. The molecule has 6 heteroatoms. The minimum absolute atomic E-state index is 0. The average molecular weight is 321 g/mol. The van der Waals surface area contributed by atoms with Crippen LogP contribution in [0.25, 0.3) is 0 Å². The third-order valence-corrected chi connectivity index (χ3v) is 4.26. The summed E-state index contributed by atoms with van der Waals surface area (Å²) in [6, 6.07) is 2.23. The molecule has 1 amide bonds. The van der Waals surface area contributed by atoms with Crippen molar-refractivity contribution in [2.24, 2.45) is 5.92 Å². The third kappa shape index (κ3) is 4.70. The lowest BCUT2D eigenvalue weighted by atomic mass is 9.99. The summed E-state index contributed by atoms with van der Waals surface area (Å²) < 4.78 is 0. The van der Waals surface area contributed by atoms with Gasteiger partial charge in [0.1, 0.15) is 0 Å². The predicted octanol–water partition coefficient (Wildman–Crippen LogP) is 2.46. The van der Waals surface area contributed by atoms with Crippen LogP contribution in [0.2, 0.25) is 0 Å². The smallest absolute Gasteiger partial charge is 0.237 e. The quantitative estimate of drug-likeness (QED) is 0.898. The lowest BCUT2D eigenvalue weighted by Gasteiger charge is -2.31. The molecule has 0 saturated carbocycles. The van der Waals surface area contributed by atoms with E-state index in [1.807, 2.05) is 0 Å². The number of rotatable bonds is 3. The molecule has 1 aliphatic rings. The van der Waals surface area contributed by atoms with Crippen LogP contribution < -0.4 is 10.6 Å². The van der Waals surface area contributed by atoms with Gasteiger partial charge in [-0.05, 0) is 36.3 Å². The summed E-state index contributed by atoms with van der Waals surface area (Å²) in [5, 5.41) is 8.56. The Labute approximate surface area is 133 Å². The van der Waals surface area contributed by atoms with E-state index in [9.17, 15) is 4.79 Å². The average Bonchev–Trinajstić information content (AvgIpc) is 2.67. The molecule has 0 unspecified atom stereocenters. The normalized spacial score (nSPS) is 22.4. The van der Waals surface area contributed by atoms with Gasteiger partial charge in [-0.15, -0.1) is 11.3 Å². The van der Waals surface area contributed by atoms with Crippen LogP contribution in [0.4, 0.5) is 0 Å². The molecule has 0 bridgehead atoms. The maximum atomic E-state index is 12.0. The summed E-state index contributed by atoms with van der Waals surface area (Å²) in [5.74, 6) is 0.682. The standard InChI is InChI=1S/C13H20N2OS.2H2S/c1-8(2)6-10-13(16)15-11(7-14-10)12-9(3)4-5-17-12;;/h4-5,8,10-11,14H,6-7H2,1-3H3,(H,15,16);2*1H2/t10-,11-;;/m0../s1. The summed E-state index contributed by atoms with van der Waals surface area (Å²) >= 11 is 1.72. The van der Waals surface area contributed by atoms with E-state index >= 15 is 0 Å². The summed E-state index contributed by atoms with van der Waals surface area (Å²) in [5.41, 5.74) is 1.27. The van der Waals surface area contributed by atoms with Gasteiger partial charge in [-0.25, -0.2) is 0 Å². The number of nitrogens with one attached hydrogen (secondary N) is 2. The highest BCUT2D eigenvalue weighted by atomic mass is 32.1. The Morgan fingerprint density at radius 2 is 2.11 bits per heavy atom. The van der Waals surface area contributed by atoms with E-state index in [1.54, 1.807) is 11.3 Å². The van der Waals surface area contributed by atoms with E-state index in [1.165, 1.54) is 10.4 Å². The number of carbonyl (C=O) groups is 1. The van der Waals surface area contributed by atoms with Crippen LogP contribution in [0.3, 0.4) is 0 Å². The molecule has 1 fully saturated rings. The van der Waals surface area contributed by atoms with Crippen molar-refractivity contribution in [1.29, 1.82) is 0 Å². The van der Waals surface area contributed by atoms with Crippen LogP contribution in [0.15, 0.2) is 11.4 Å². The van der Waals surface area contributed by atoms with Gasteiger partial charge in [0.25, 0.3) is 0 Å². The van der Waals surface area contributed by atoms with Crippen LogP contribution >= 0.6 is 38.3 Å². The first-order valence-electron chi connectivity index (χ1n) is 6.15. The van der Waals surface area contributed by atoms with Crippen molar-refractivity contribution in [2.75, 3.05) is 6.54 Å². The molecule has 3 nitrogen and oxygen atoms in total. The Bertz CT molecular complexity index is 406. The van der Waals surface area contributed by atoms with Crippen molar-refractivity contribution in [3.8, 4) is 0 Å². The van der Waals surface area contributed by atoms with E-state index in [4.69, 9.17) is 0 Å². The lowest BCUT2D eigenvalue weighted by Crippen LogP contribution is -2.54. The fourth-order valence-electron chi connectivity index (χ4n) is 2.24. The minimum Gasteiger partial charge on any atom is -0.346 e. The third-order valence-electron chi connectivity index (χ3n) is 3.13. The Morgan fingerprint density at radius 3 is 2.58 bits per heavy atom. The van der Waals surface area contributed by atoms with Crippen molar-refractivity contribution in [2.45, 2.75) is 39.3 Å². The summed E-state index contributed by atoms with van der Waals surface area (Å²) in [4.78, 5) is 13.2. The van der Waals surface area contributed by atoms with Gasteiger partial charge in [0.15, 0.2) is 0 Å². The van der Waals surface area contributed by atoms with Crippen molar-refractivity contribution >= 4 is 44.2 Å². The molecular formula is C13H24N2OS3. The highest BCUT2D eigenvalue weighted by Gasteiger charge is 2.29. The van der Waals surface area contributed by atoms with Gasteiger partial charge in [-0.2, -0.15) is 27.0 Å². The molecule has 1 aromatic heterocycles. The topological polar surface area (TPSA) is 41.1 Å². The van der Waals surface area contributed by atoms with E-state index in [2.05, 4.69) is 42.9 Å². The van der Waals surface area contributed by atoms with E-state index in [0.717, 1.165) is 13.0 Å². The van der Waals surface area contributed by atoms with Gasteiger partial charge in [-0.1, -0.05) is 13.8 Å². The number of hydrogen-bond donors (Lipinski definition) is 2. The number of carbonyl (C=O) groups excluding carboxylic acids is 1. The summed E-state index contributed by atoms with van der Waals surface area (Å²) in [7, 11) is 0. The zero-order chi connectivity index (χ0) is 12.4.